The molecule has 1 nitrogen and oxygen atoms in total. The van der Waals surface area contributed by atoms with Gasteiger partial charge in [-0.3, -0.25) is 0 Å². The van der Waals surface area contributed by atoms with E-state index in [0.717, 1.165) is 12.0 Å². The number of hydrogen-bond acceptors (Lipinski definition) is 1. The fraction of sp³-hybridized carbons (Fsp3) is 0.385. The van der Waals surface area contributed by atoms with Crippen molar-refractivity contribution >= 4 is 0 Å². The zero-order valence-corrected chi connectivity index (χ0v) is 8.96. The van der Waals surface area contributed by atoms with E-state index in [4.69, 9.17) is 0 Å². The Morgan fingerprint density at radius 3 is 2.71 bits per heavy atom. The Balaban J connectivity index is 3.21. The van der Waals surface area contributed by atoms with Gasteiger partial charge in [0, 0.05) is 0 Å². The molecular formula is C13H18O. The van der Waals surface area contributed by atoms with Crippen LogP contribution in [0.25, 0.3) is 0 Å². The Labute approximate surface area is 86.1 Å². The van der Waals surface area contributed by atoms with Gasteiger partial charge in [0.1, 0.15) is 0 Å². The van der Waals surface area contributed by atoms with E-state index in [-0.39, 0.29) is 6.61 Å². The van der Waals surface area contributed by atoms with Crippen LogP contribution in [0.1, 0.15) is 36.5 Å². The molecule has 1 rings (SSSR count). The fourth-order valence-electron chi connectivity index (χ4n) is 1.79. The van der Waals surface area contributed by atoms with Gasteiger partial charge in [-0.2, -0.15) is 0 Å². The molecule has 0 saturated heterocycles. The van der Waals surface area contributed by atoms with Crippen molar-refractivity contribution in [1.29, 1.82) is 0 Å². The van der Waals surface area contributed by atoms with Crippen LogP contribution < -0.4 is 0 Å². The van der Waals surface area contributed by atoms with Crippen molar-refractivity contribution in [3.63, 3.8) is 0 Å². The Morgan fingerprint density at radius 1 is 1.50 bits per heavy atom. The number of hydrogen-bond donors (Lipinski definition) is 1. The highest BCUT2D eigenvalue weighted by Crippen LogP contribution is 2.24. The Kier molecular flexibility index (Phi) is 3.90. The van der Waals surface area contributed by atoms with Gasteiger partial charge in [0.05, 0.1) is 6.61 Å². The van der Waals surface area contributed by atoms with Crippen molar-refractivity contribution in [1.82, 2.24) is 0 Å². The lowest BCUT2D eigenvalue weighted by Gasteiger charge is -2.15. The van der Waals surface area contributed by atoms with Crippen molar-refractivity contribution < 1.29 is 5.11 Å². The normalized spacial score (nSPS) is 12.5. The third kappa shape index (κ3) is 2.05. The average molecular weight is 190 g/mol. The lowest BCUT2D eigenvalue weighted by atomic mass is 9.91. The van der Waals surface area contributed by atoms with E-state index in [2.05, 4.69) is 26.5 Å². The lowest BCUT2D eigenvalue weighted by molar-refractivity contribution is 0.280. The van der Waals surface area contributed by atoms with Crippen molar-refractivity contribution in [2.75, 3.05) is 0 Å². The van der Waals surface area contributed by atoms with Crippen LogP contribution in [0.5, 0.6) is 0 Å². The van der Waals surface area contributed by atoms with E-state index in [0.29, 0.717) is 5.92 Å². The summed E-state index contributed by atoms with van der Waals surface area (Å²) in [5.41, 5.74) is 3.59. The van der Waals surface area contributed by atoms with E-state index in [1.807, 2.05) is 18.2 Å². The van der Waals surface area contributed by atoms with Crippen LogP contribution in [0.4, 0.5) is 0 Å². The molecule has 0 aliphatic carbocycles. The van der Waals surface area contributed by atoms with Crippen molar-refractivity contribution in [2.45, 2.75) is 32.8 Å². The van der Waals surface area contributed by atoms with Crippen LogP contribution in [0, 0.1) is 0 Å². The van der Waals surface area contributed by atoms with Gasteiger partial charge in [0.2, 0.25) is 0 Å². The quantitative estimate of drug-likeness (QED) is 0.723. The molecular weight excluding hydrogens is 172 g/mol. The second-order valence-electron chi connectivity index (χ2n) is 3.52. The summed E-state index contributed by atoms with van der Waals surface area (Å²) in [7, 11) is 0. The number of allylic oxidation sites excluding steroid dienone is 1. The van der Waals surface area contributed by atoms with Gasteiger partial charge in [-0.05, 0) is 29.0 Å². The van der Waals surface area contributed by atoms with Gasteiger partial charge in [-0.1, -0.05) is 38.1 Å². The molecule has 0 amide bonds. The molecule has 0 aromatic heterocycles. The maximum atomic E-state index is 9.20. The molecule has 1 N–H and O–H groups in total. The fourth-order valence-corrected chi connectivity index (χ4v) is 1.79. The van der Waals surface area contributed by atoms with E-state index in [9.17, 15) is 5.11 Å². The van der Waals surface area contributed by atoms with E-state index >= 15 is 0 Å². The van der Waals surface area contributed by atoms with Crippen molar-refractivity contribution in [3.8, 4) is 0 Å². The number of rotatable bonds is 4. The summed E-state index contributed by atoms with van der Waals surface area (Å²) in [6.45, 7) is 8.18. The summed E-state index contributed by atoms with van der Waals surface area (Å²) >= 11 is 0. The van der Waals surface area contributed by atoms with Crippen LogP contribution in [0.15, 0.2) is 30.9 Å². The Morgan fingerprint density at radius 2 is 2.21 bits per heavy atom. The highest BCUT2D eigenvalue weighted by Gasteiger charge is 2.09. The maximum absolute atomic E-state index is 9.20. The maximum Gasteiger partial charge on any atom is 0.0684 e. The minimum absolute atomic E-state index is 0.126. The molecule has 0 bridgehead atoms. The molecule has 1 atom stereocenters. The third-order valence-electron chi connectivity index (χ3n) is 2.68. The molecule has 1 aromatic rings. The first-order valence-electron chi connectivity index (χ1n) is 5.08. The number of aliphatic hydroxyl groups is 1. The lowest BCUT2D eigenvalue weighted by Crippen LogP contribution is -2.01. The summed E-state index contributed by atoms with van der Waals surface area (Å²) in [4.78, 5) is 0. The number of aliphatic hydroxyl groups excluding tert-OH is 1. The smallest absolute Gasteiger partial charge is 0.0684 e. The van der Waals surface area contributed by atoms with Gasteiger partial charge < -0.3 is 5.11 Å². The van der Waals surface area contributed by atoms with Crippen LogP contribution in [0.2, 0.25) is 0 Å². The first-order chi connectivity index (χ1) is 6.74. The molecule has 0 spiro atoms. The van der Waals surface area contributed by atoms with Gasteiger partial charge >= 0.3 is 0 Å². The molecule has 0 radical (unpaired) electrons. The SMILES string of the molecule is C=CC(C)c1cccc(CO)c1CC. The zero-order chi connectivity index (χ0) is 10.6. The number of benzene rings is 1. The van der Waals surface area contributed by atoms with E-state index in [1.54, 1.807) is 0 Å². The summed E-state index contributed by atoms with van der Waals surface area (Å²) < 4.78 is 0. The molecule has 14 heavy (non-hydrogen) atoms. The highest BCUT2D eigenvalue weighted by molar-refractivity contribution is 5.38. The molecule has 0 fully saturated rings. The van der Waals surface area contributed by atoms with Gasteiger partial charge in [-0.15, -0.1) is 6.58 Å². The van der Waals surface area contributed by atoms with Crippen LogP contribution in [-0.4, -0.2) is 5.11 Å². The topological polar surface area (TPSA) is 20.2 Å². The van der Waals surface area contributed by atoms with Crippen LogP contribution >= 0.6 is 0 Å². The molecule has 76 valence electrons. The molecule has 0 aliphatic heterocycles. The molecule has 0 aliphatic rings. The van der Waals surface area contributed by atoms with Crippen molar-refractivity contribution in [2.24, 2.45) is 0 Å². The van der Waals surface area contributed by atoms with E-state index in [1.165, 1.54) is 11.1 Å². The monoisotopic (exact) mass is 190 g/mol. The van der Waals surface area contributed by atoms with E-state index < -0.39 is 0 Å². The highest BCUT2D eigenvalue weighted by atomic mass is 16.3. The molecule has 1 aromatic carbocycles. The third-order valence-corrected chi connectivity index (χ3v) is 2.68. The predicted molar refractivity (Wildman–Crippen MR) is 60.4 cm³/mol. The van der Waals surface area contributed by atoms with Gasteiger partial charge in [0.15, 0.2) is 0 Å². The summed E-state index contributed by atoms with van der Waals surface area (Å²) in [5, 5.41) is 9.20. The first kappa shape index (κ1) is 11.0. The predicted octanol–water partition coefficient (Wildman–Crippen LogP) is 3.03. The second kappa shape index (κ2) is 4.97. The summed E-state index contributed by atoms with van der Waals surface area (Å²) in [5.74, 6) is 0.358. The second-order valence-corrected chi connectivity index (χ2v) is 3.52. The Hall–Kier alpha value is -1.08. The minimum atomic E-state index is 0.126. The molecule has 1 heteroatoms. The summed E-state index contributed by atoms with van der Waals surface area (Å²) in [6.07, 6.45) is 2.90. The summed E-state index contributed by atoms with van der Waals surface area (Å²) in [6, 6.07) is 6.10. The standard InChI is InChI=1S/C13H18O/c1-4-10(3)13-8-6-7-11(9-14)12(13)5-2/h4,6-8,10,14H,1,5,9H2,2-3H3. The minimum Gasteiger partial charge on any atom is -0.392 e. The average Bonchev–Trinajstić information content (AvgIpc) is 2.26. The van der Waals surface area contributed by atoms with Crippen molar-refractivity contribution in [3.05, 3.63) is 47.5 Å². The van der Waals surface area contributed by atoms with Gasteiger partial charge in [0.25, 0.3) is 0 Å². The first-order valence-corrected chi connectivity index (χ1v) is 5.08. The molecule has 1 unspecified atom stereocenters. The van der Waals surface area contributed by atoms with Crippen LogP contribution in [-0.2, 0) is 13.0 Å². The largest absolute Gasteiger partial charge is 0.392 e. The molecule has 0 heterocycles. The zero-order valence-electron chi connectivity index (χ0n) is 8.96. The molecule has 0 saturated carbocycles. The van der Waals surface area contributed by atoms with Gasteiger partial charge in [-0.25, -0.2) is 0 Å². The Bertz CT molecular complexity index is 315. The van der Waals surface area contributed by atoms with Crippen LogP contribution in [0.3, 0.4) is 0 Å².